The van der Waals surface area contributed by atoms with E-state index in [9.17, 15) is 0 Å². The summed E-state index contributed by atoms with van der Waals surface area (Å²) < 4.78 is 0. The molecule has 3 aromatic rings. The second-order valence-electron chi connectivity index (χ2n) is 5.01. The first-order chi connectivity index (χ1) is 9.63. The van der Waals surface area contributed by atoms with Crippen LogP contribution in [0.2, 0.25) is 5.02 Å². The van der Waals surface area contributed by atoms with Gasteiger partial charge in [-0.25, -0.2) is 4.98 Å². The van der Waals surface area contributed by atoms with Crippen LogP contribution >= 0.6 is 11.6 Å². The third-order valence-corrected chi connectivity index (χ3v) is 3.21. The van der Waals surface area contributed by atoms with Crippen molar-refractivity contribution >= 4 is 28.3 Å². The summed E-state index contributed by atoms with van der Waals surface area (Å²) in [5, 5.41) is 4.98. The number of pyridine rings is 2. The van der Waals surface area contributed by atoms with Crippen LogP contribution in [0.15, 0.2) is 36.9 Å². The van der Waals surface area contributed by atoms with Crippen LogP contribution in [0.4, 0.5) is 5.69 Å². The number of hydrogen-bond donors (Lipinski definition) is 2. The van der Waals surface area contributed by atoms with Crippen molar-refractivity contribution in [1.29, 1.82) is 0 Å². The minimum absolute atomic E-state index is 0.367. The van der Waals surface area contributed by atoms with Crippen molar-refractivity contribution in [3.05, 3.63) is 41.9 Å². The molecule has 0 bridgehead atoms. The molecule has 0 aliphatic heterocycles. The zero-order valence-corrected chi connectivity index (χ0v) is 12.1. The first kappa shape index (κ1) is 12.9. The summed E-state index contributed by atoms with van der Waals surface area (Å²) in [5.41, 5.74) is 3.91. The van der Waals surface area contributed by atoms with Crippen molar-refractivity contribution in [3.63, 3.8) is 0 Å². The summed E-state index contributed by atoms with van der Waals surface area (Å²) in [6.07, 6.45) is 7.24. The normalized spacial score (nSPS) is 11.2. The number of aromatic amines is 1. The van der Waals surface area contributed by atoms with Crippen molar-refractivity contribution in [1.82, 2.24) is 15.0 Å². The number of aromatic nitrogens is 3. The lowest BCUT2D eigenvalue weighted by atomic mass is 10.1. The average molecular weight is 287 g/mol. The van der Waals surface area contributed by atoms with E-state index in [-0.39, 0.29) is 0 Å². The van der Waals surface area contributed by atoms with E-state index in [0.29, 0.717) is 11.1 Å². The van der Waals surface area contributed by atoms with Crippen molar-refractivity contribution < 1.29 is 0 Å². The maximum absolute atomic E-state index is 6.03. The van der Waals surface area contributed by atoms with Crippen LogP contribution in [0, 0.1) is 0 Å². The largest absolute Gasteiger partial charge is 0.382 e. The molecule has 0 aliphatic rings. The van der Waals surface area contributed by atoms with Gasteiger partial charge in [-0.05, 0) is 26.0 Å². The van der Waals surface area contributed by atoms with Gasteiger partial charge < -0.3 is 10.3 Å². The van der Waals surface area contributed by atoms with Gasteiger partial charge in [0.2, 0.25) is 0 Å². The average Bonchev–Trinajstić information content (AvgIpc) is 2.81. The van der Waals surface area contributed by atoms with Gasteiger partial charge in [-0.3, -0.25) is 4.98 Å². The molecule has 0 spiro atoms. The molecule has 3 aromatic heterocycles. The van der Waals surface area contributed by atoms with Crippen LogP contribution in [0.3, 0.4) is 0 Å². The summed E-state index contributed by atoms with van der Waals surface area (Å²) >= 11 is 6.03. The van der Waals surface area contributed by atoms with Crippen molar-refractivity contribution in [3.8, 4) is 11.1 Å². The van der Waals surface area contributed by atoms with Crippen molar-refractivity contribution in [2.75, 3.05) is 5.32 Å². The fraction of sp³-hybridized carbons (Fsp3) is 0.200. The van der Waals surface area contributed by atoms with E-state index < -0.39 is 0 Å². The molecular formula is C15H15ClN4. The minimum Gasteiger partial charge on any atom is -0.382 e. The Kier molecular flexibility index (Phi) is 3.32. The van der Waals surface area contributed by atoms with E-state index in [1.165, 1.54) is 0 Å². The van der Waals surface area contributed by atoms with Crippen LogP contribution in [0.1, 0.15) is 13.8 Å². The Morgan fingerprint density at radius 1 is 1.20 bits per heavy atom. The van der Waals surface area contributed by atoms with Gasteiger partial charge in [0.15, 0.2) is 0 Å². The summed E-state index contributed by atoms with van der Waals surface area (Å²) in [6.45, 7) is 4.20. The van der Waals surface area contributed by atoms with Crippen LogP contribution in [0.5, 0.6) is 0 Å². The first-order valence-corrected chi connectivity index (χ1v) is 6.86. The second-order valence-corrected chi connectivity index (χ2v) is 5.45. The van der Waals surface area contributed by atoms with Gasteiger partial charge in [0, 0.05) is 47.3 Å². The molecule has 0 radical (unpaired) electrons. The molecule has 0 amide bonds. The zero-order valence-electron chi connectivity index (χ0n) is 11.3. The third kappa shape index (κ3) is 2.47. The number of fused-ring (bicyclic) bond motifs is 1. The first-order valence-electron chi connectivity index (χ1n) is 6.48. The van der Waals surface area contributed by atoms with E-state index in [1.807, 2.05) is 24.7 Å². The summed E-state index contributed by atoms with van der Waals surface area (Å²) in [6, 6.07) is 4.36. The molecule has 0 unspecified atom stereocenters. The van der Waals surface area contributed by atoms with E-state index in [1.54, 1.807) is 6.20 Å². The molecule has 5 heteroatoms. The quantitative estimate of drug-likeness (QED) is 0.762. The number of rotatable bonds is 3. The van der Waals surface area contributed by atoms with Crippen LogP contribution in [-0.4, -0.2) is 21.0 Å². The Labute approximate surface area is 122 Å². The molecule has 0 aromatic carbocycles. The monoisotopic (exact) mass is 286 g/mol. The van der Waals surface area contributed by atoms with Crippen LogP contribution in [0.25, 0.3) is 22.2 Å². The van der Waals surface area contributed by atoms with Gasteiger partial charge in [0.25, 0.3) is 0 Å². The standard InChI is InChI=1S/C15H15ClN4/c1-9(2)20-12-3-10(5-17-7-12)14-8-19-15-13(14)4-11(16)6-18-15/h3-9,20H,1-2H3,(H,18,19). The van der Waals surface area contributed by atoms with Gasteiger partial charge in [-0.15, -0.1) is 0 Å². The predicted molar refractivity (Wildman–Crippen MR) is 83.1 cm³/mol. The zero-order chi connectivity index (χ0) is 14.1. The number of hydrogen-bond acceptors (Lipinski definition) is 3. The Balaban J connectivity index is 2.08. The van der Waals surface area contributed by atoms with Crippen LogP contribution < -0.4 is 5.32 Å². The molecule has 0 fully saturated rings. The van der Waals surface area contributed by atoms with E-state index in [4.69, 9.17) is 11.6 Å². The van der Waals surface area contributed by atoms with Crippen molar-refractivity contribution in [2.24, 2.45) is 0 Å². The number of anilines is 1. The number of halogens is 1. The van der Waals surface area contributed by atoms with E-state index in [0.717, 1.165) is 27.8 Å². The maximum Gasteiger partial charge on any atom is 0.137 e. The molecule has 0 saturated carbocycles. The van der Waals surface area contributed by atoms with E-state index >= 15 is 0 Å². The number of nitrogens with one attached hydrogen (secondary N) is 2. The van der Waals surface area contributed by atoms with Gasteiger partial charge in [-0.2, -0.15) is 0 Å². The molecule has 3 rings (SSSR count). The predicted octanol–water partition coefficient (Wildman–Crippen LogP) is 4.10. The second kappa shape index (κ2) is 5.13. The Morgan fingerprint density at radius 2 is 2.05 bits per heavy atom. The molecule has 20 heavy (non-hydrogen) atoms. The molecule has 0 aliphatic carbocycles. The molecular weight excluding hydrogens is 272 g/mol. The summed E-state index contributed by atoms with van der Waals surface area (Å²) in [4.78, 5) is 11.7. The molecule has 3 heterocycles. The fourth-order valence-corrected chi connectivity index (χ4v) is 2.37. The lowest BCUT2D eigenvalue weighted by Crippen LogP contribution is -2.09. The SMILES string of the molecule is CC(C)Nc1cncc(-c2c[nH]c3ncc(Cl)cc23)c1. The molecule has 0 atom stereocenters. The third-order valence-electron chi connectivity index (χ3n) is 3.00. The molecule has 4 nitrogen and oxygen atoms in total. The molecule has 2 N–H and O–H groups in total. The van der Waals surface area contributed by atoms with Crippen LogP contribution in [-0.2, 0) is 0 Å². The van der Waals surface area contributed by atoms with Gasteiger partial charge >= 0.3 is 0 Å². The fourth-order valence-electron chi connectivity index (χ4n) is 2.22. The summed E-state index contributed by atoms with van der Waals surface area (Å²) in [5.74, 6) is 0. The highest BCUT2D eigenvalue weighted by atomic mass is 35.5. The smallest absolute Gasteiger partial charge is 0.137 e. The Morgan fingerprint density at radius 3 is 2.85 bits per heavy atom. The Bertz CT molecular complexity index is 748. The minimum atomic E-state index is 0.367. The highest BCUT2D eigenvalue weighted by molar-refractivity contribution is 6.31. The molecule has 102 valence electrons. The highest BCUT2D eigenvalue weighted by Gasteiger charge is 2.09. The van der Waals surface area contributed by atoms with Crippen molar-refractivity contribution in [2.45, 2.75) is 19.9 Å². The highest BCUT2D eigenvalue weighted by Crippen LogP contribution is 2.30. The van der Waals surface area contributed by atoms with Gasteiger partial charge in [0.1, 0.15) is 5.65 Å². The number of nitrogens with zero attached hydrogens (tertiary/aromatic N) is 2. The Hall–Kier alpha value is -2.07. The van der Waals surface area contributed by atoms with Gasteiger partial charge in [0.05, 0.1) is 10.7 Å². The lowest BCUT2D eigenvalue weighted by molar-refractivity contribution is 0.898. The summed E-state index contributed by atoms with van der Waals surface area (Å²) in [7, 11) is 0. The lowest BCUT2D eigenvalue weighted by Gasteiger charge is -2.10. The molecule has 0 saturated heterocycles. The topological polar surface area (TPSA) is 53.6 Å². The van der Waals surface area contributed by atoms with Gasteiger partial charge in [-0.1, -0.05) is 11.6 Å². The maximum atomic E-state index is 6.03. The van der Waals surface area contributed by atoms with E-state index in [2.05, 4.69) is 40.2 Å². The number of H-pyrrole nitrogens is 1.